The Morgan fingerprint density at radius 1 is 1.38 bits per heavy atom. The summed E-state index contributed by atoms with van der Waals surface area (Å²) in [6.45, 7) is 7.30. The molecular weight excluding hydrogens is 200 g/mol. The molecule has 0 saturated carbocycles. The van der Waals surface area contributed by atoms with Crippen LogP contribution in [0.25, 0.3) is 0 Å². The van der Waals surface area contributed by atoms with Crippen LogP contribution < -0.4 is 5.32 Å². The lowest BCUT2D eigenvalue weighted by molar-refractivity contribution is 0.149. The third-order valence-corrected chi connectivity index (χ3v) is 2.65. The second kappa shape index (κ2) is 5.85. The molecule has 1 heterocycles. The zero-order chi connectivity index (χ0) is 12.0. The first-order chi connectivity index (χ1) is 7.53. The molecule has 0 aromatic carbocycles. The monoisotopic (exact) mass is 222 g/mol. The molecule has 0 spiro atoms. The largest absolute Gasteiger partial charge is 0.396 e. The number of pyridine rings is 1. The Hall–Kier alpha value is -1.09. The number of nitrogens with zero attached hydrogens (tertiary/aromatic N) is 1. The van der Waals surface area contributed by atoms with Gasteiger partial charge in [-0.2, -0.15) is 0 Å². The molecule has 0 aliphatic rings. The van der Waals surface area contributed by atoms with E-state index in [1.165, 1.54) is 0 Å². The molecule has 0 aliphatic heterocycles. The first kappa shape index (κ1) is 13.0. The van der Waals surface area contributed by atoms with E-state index < -0.39 is 0 Å². The van der Waals surface area contributed by atoms with E-state index in [4.69, 9.17) is 5.11 Å². The second-order valence-electron chi connectivity index (χ2n) is 5.02. The molecule has 0 amide bonds. The van der Waals surface area contributed by atoms with E-state index >= 15 is 0 Å². The van der Waals surface area contributed by atoms with Crippen molar-refractivity contribution in [2.24, 2.45) is 5.41 Å². The van der Waals surface area contributed by atoms with Crippen molar-refractivity contribution in [1.29, 1.82) is 0 Å². The molecule has 1 aromatic rings. The number of aromatic nitrogens is 1. The van der Waals surface area contributed by atoms with Gasteiger partial charge in [-0.3, -0.25) is 0 Å². The molecule has 2 N–H and O–H groups in total. The molecule has 0 unspecified atom stereocenters. The topological polar surface area (TPSA) is 45.1 Å². The standard InChI is InChI=1S/C13H22N2O/c1-11-6-4-7-12(15-11)14-9-5-8-13(2,3)10-16/h4,6-7,16H,5,8-10H2,1-3H3,(H,14,15). The van der Waals surface area contributed by atoms with Gasteiger partial charge in [0.25, 0.3) is 0 Å². The van der Waals surface area contributed by atoms with Gasteiger partial charge in [-0.15, -0.1) is 0 Å². The molecule has 1 rings (SSSR count). The van der Waals surface area contributed by atoms with Crippen molar-refractivity contribution < 1.29 is 5.11 Å². The molecule has 0 aliphatic carbocycles. The number of nitrogens with one attached hydrogen (secondary N) is 1. The quantitative estimate of drug-likeness (QED) is 0.727. The molecule has 0 saturated heterocycles. The van der Waals surface area contributed by atoms with Gasteiger partial charge < -0.3 is 10.4 Å². The SMILES string of the molecule is Cc1cccc(NCCCC(C)(C)CO)n1. The maximum atomic E-state index is 9.11. The number of aryl methyl sites for hydroxylation is 1. The predicted molar refractivity (Wildman–Crippen MR) is 67.6 cm³/mol. The van der Waals surface area contributed by atoms with Crippen LogP contribution in [0.2, 0.25) is 0 Å². The van der Waals surface area contributed by atoms with E-state index in [-0.39, 0.29) is 12.0 Å². The number of anilines is 1. The summed E-state index contributed by atoms with van der Waals surface area (Å²) in [5, 5.41) is 12.4. The molecule has 16 heavy (non-hydrogen) atoms. The molecular formula is C13H22N2O. The van der Waals surface area contributed by atoms with Crippen LogP contribution >= 0.6 is 0 Å². The zero-order valence-corrected chi connectivity index (χ0v) is 10.5. The molecule has 3 heteroatoms. The van der Waals surface area contributed by atoms with Crippen molar-refractivity contribution >= 4 is 5.82 Å². The average molecular weight is 222 g/mol. The van der Waals surface area contributed by atoms with Crippen molar-refractivity contribution in [1.82, 2.24) is 4.98 Å². The fraction of sp³-hybridized carbons (Fsp3) is 0.615. The maximum Gasteiger partial charge on any atom is 0.126 e. The number of aliphatic hydroxyl groups excluding tert-OH is 1. The third kappa shape index (κ3) is 4.62. The summed E-state index contributed by atoms with van der Waals surface area (Å²) in [5.41, 5.74) is 1.06. The van der Waals surface area contributed by atoms with E-state index in [0.29, 0.717) is 0 Å². The van der Waals surface area contributed by atoms with Crippen LogP contribution in [-0.4, -0.2) is 23.2 Å². The van der Waals surface area contributed by atoms with Gasteiger partial charge in [-0.05, 0) is 37.3 Å². The van der Waals surface area contributed by atoms with Crippen molar-refractivity contribution in [3.8, 4) is 0 Å². The highest BCUT2D eigenvalue weighted by atomic mass is 16.3. The smallest absolute Gasteiger partial charge is 0.126 e. The fourth-order valence-corrected chi connectivity index (χ4v) is 1.50. The van der Waals surface area contributed by atoms with Crippen LogP contribution in [0, 0.1) is 12.3 Å². The van der Waals surface area contributed by atoms with Gasteiger partial charge in [0.15, 0.2) is 0 Å². The summed E-state index contributed by atoms with van der Waals surface area (Å²) in [4.78, 5) is 4.37. The normalized spacial score (nSPS) is 11.5. The Bertz CT molecular complexity index is 323. The summed E-state index contributed by atoms with van der Waals surface area (Å²) in [5.74, 6) is 0.932. The zero-order valence-electron chi connectivity index (χ0n) is 10.5. The Labute approximate surface area is 97.9 Å². The van der Waals surface area contributed by atoms with Gasteiger partial charge >= 0.3 is 0 Å². The van der Waals surface area contributed by atoms with Gasteiger partial charge in [0.1, 0.15) is 5.82 Å². The van der Waals surface area contributed by atoms with E-state index in [0.717, 1.165) is 30.9 Å². The van der Waals surface area contributed by atoms with Crippen molar-refractivity contribution in [3.63, 3.8) is 0 Å². The summed E-state index contributed by atoms with van der Waals surface area (Å²) in [6.07, 6.45) is 2.06. The van der Waals surface area contributed by atoms with Gasteiger partial charge in [-0.25, -0.2) is 4.98 Å². The highest BCUT2D eigenvalue weighted by molar-refractivity contribution is 5.34. The first-order valence-corrected chi connectivity index (χ1v) is 5.82. The molecule has 0 atom stereocenters. The van der Waals surface area contributed by atoms with Crippen LogP contribution in [0.3, 0.4) is 0 Å². The van der Waals surface area contributed by atoms with Crippen molar-refractivity contribution in [2.45, 2.75) is 33.6 Å². The van der Waals surface area contributed by atoms with Crippen molar-refractivity contribution in [2.75, 3.05) is 18.5 Å². The van der Waals surface area contributed by atoms with Gasteiger partial charge in [0.05, 0.1) is 0 Å². The molecule has 0 bridgehead atoms. The number of hydrogen-bond acceptors (Lipinski definition) is 3. The summed E-state index contributed by atoms with van der Waals surface area (Å²) in [7, 11) is 0. The van der Waals surface area contributed by atoms with E-state index in [1.807, 2.05) is 25.1 Å². The third-order valence-electron chi connectivity index (χ3n) is 2.65. The highest BCUT2D eigenvalue weighted by Crippen LogP contribution is 2.20. The highest BCUT2D eigenvalue weighted by Gasteiger charge is 2.15. The Morgan fingerprint density at radius 2 is 2.12 bits per heavy atom. The lowest BCUT2D eigenvalue weighted by atomic mass is 9.89. The first-order valence-electron chi connectivity index (χ1n) is 5.82. The number of aliphatic hydroxyl groups is 1. The van der Waals surface area contributed by atoms with Crippen LogP contribution in [0.1, 0.15) is 32.4 Å². The Kier molecular flexibility index (Phi) is 4.74. The Balaban J connectivity index is 2.26. The second-order valence-corrected chi connectivity index (χ2v) is 5.02. The summed E-state index contributed by atoms with van der Waals surface area (Å²) in [6, 6.07) is 5.96. The minimum Gasteiger partial charge on any atom is -0.396 e. The average Bonchev–Trinajstić information content (AvgIpc) is 2.25. The summed E-state index contributed by atoms with van der Waals surface area (Å²) < 4.78 is 0. The minimum atomic E-state index is 0.0295. The van der Waals surface area contributed by atoms with Crippen LogP contribution in [0.4, 0.5) is 5.82 Å². The van der Waals surface area contributed by atoms with Gasteiger partial charge in [0.2, 0.25) is 0 Å². The number of hydrogen-bond donors (Lipinski definition) is 2. The Morgan fingerprint density at radius 3 is 2.75 bits per heavy atom. The number of rotatable bonds is 6. The molecule has 1 aromatic heterocycles. The minimum absolute atomic E-state index is 0.0295. The van der Waals surface area contributed by atoms with Crippen LogP contribution in [-0.2, 0) is 0 Å². The van der Waals surface area contributed by atoms with Crippen LogP contribution in [0.15, 0.2) is 18.2 Å². The maximum absolute atomic E-state index is 9.11. The molecule has 3 nitrogen and oxygen atoms in total. The summed E-state index contributed by atoms with van der Waals surface area (Å²) >= 11 is 0. The predicted octanol–water partition coefficient (Wildman–Crippen LogP) is 2.60. The van der Waals surface area contributed by atoms with E-state index in [1.54, 1.807) is 0 Å². The van der Waals surface area contributed by atoms with E-state index in [9.17, 15) is 0 Å². The fourth-order valence-electron chi connectivity index (χ4n) is 1.50. The molecule has 0 fully saturated rings. The molecule has 90 valence electrons. The van der Waals surface area contributed by atoms with Gasteiger partial charge in [0, 0.05) is 18.8 Å². The van der Waals surface area contributed by atoms with Gasteiger partial charge in [-0.1, -0.05) is 19.9 Å². The lowest BCUT2D eigenvalue weighted by Gasteiger charge is -2.21. The van der Waals surface area contributed by atoms with Crippen LogP contribution in [0.5, 0.6) is 0 Å². The van der Waals surface area contributed by atoms with Crippen molar-refractivity contribution in [3.05, 3.63) is 23.9 Å². The van der Waals surface area contributed by atoms with E-state index in [2.05, 4.69) is 24.1 Å². The molecule has 0 radical (unpaired) electrons. The lowest BCUT2D eigenvalue weighted by Crippen LogP contribution is -2.18.